The van der Waals surface area contributed by atoms with E-state index in [0.29, 0.717) is 66.8 Å². The zero-order valence-electron chi connectivity index (χ0n) is 82.4. The van der Waals surface area contributed by atoms with E-state index in [0.717, 1.165) is 35.9 Å². The van der Waals surface area contributed by atoms with Gasteiger partial charge in [0.1, 0.15) is 0 Å². The van der Waals surface area contributed by atoms with Crippen LogP contribution in [-0.4, -0.2) is 128 Å². The van der Waals surface area contributed by atoms with Crippen molar-refractivity contribution in [2.24, 2.45) is 0 Å². The average molecular weight is 2400 g/mol. The fourth-order valence-corrected chi connectivity index (χ4v) is 38.0. The van der Waals surface area contributed by atoms with E-state index in [4.69, 9.17) is 0 Å². The first-order chi connectivity index (χ1) is 73.6. The maximum absolute atomic E-state index is 13.4. The number of rotatable bonds is 8. The molecule has 4 saturated carbocycles. The summed E-state index contributed by atoms with van der Waals surface area (Å²) in [6.07, 6.45) is 29.8. The minimum absolute atomic E-state index is 0.0813. The van der Waals surface area contributed by atoms with Gasteiger partial charge in [-0.2, -0.15) is 0 Å². The molecule has 0 radical (unpaired) electrons. The molecular formula is C134H100N4O8Te4. The van der Waals surface area contributed by atoms with E-state index >= 15 is 0 Å². The van der Waals surface area contributed by atoms with Gasteiger partial charge in [-0.15, -0.1) is 0 Å². The molecule has 12 nitrogen and oxygen atoms in total. The number of para-hydroxylation sites is 8. The summed E-state index contributed by atoms with van der Waals surface area (Å²) in [6.45, 7) is 0. The van der Waals surface area contributed by atoms with Gasteiger partial charge in [-0.05, 0) is 0 Å². The number of anilines is 12. The second-order valence-corrected chi connectivity index (χ2v) is 54.0. The van der Waals surface area contributed by atoms with Gasteiger partial charge in [0.05, 0.1) is 0 Å². The van der Waals surface area contributed by atoms with Crippen LogP contribution in [0.5, 0.6) is 0 Å². The third-order valence-electron chi connectivity index (χ3n) is 33.6. The summed E-state index contributed by atoms with van der Waals surface area (Å²) < 4.78 is 9.64. The number of carbonyl (C=O) groups excluding carboxylic acids is 8. The number of ketones is 8. The van der Waals surface area contributed by atoms with E-state index in [-0.39, 0.29) is 67.9 Å². The summed E-state index contributed by atoms with van der Waals surface area (Å²) in [4.78, 5) is 115. The summed E-state index contributed by atoms with van der Waals surface area (Å²) >= 11 is -3.21. The Hall–Kier alpha value is -13.8. The molecule has 4 spiro atoms. The summed E-state index contributed by atoms with van der Waals surface area (Å²) in [5, 5.41) is 3.94. The Morgan fingerprint density at radius 1 is 0.173 bits per heavy atom. The van der Waals surface area contributed by atoms with Crippen molar-refractivity contribution in [3.8, 4) is 0 Å². The van der Waals surface area contributed by atoms with Gasteiger partial charge in [-0.25, -0.2) is 0 Å². The van der Waals surface area contributed by atoms with Crippen LogP contribution in [0.25, 0.3) is 45.8 Å². The van der Waals surface area contributed by atoms with Gasteiger partial charge in [0.2, 0.25) is 0 Å². The van der Waals surface area contributed by atoms with Gasteiger partial charge < -0.3 is 0 Å². The summed E-state index contributed by atoms with van der Waals surface area (Å²) in [5.41, 5.74) is 27.6. The predicted molar refractivity (Wildman–Crippen MR) is 606 cm³/mol. The van der Waals surface area contributed by atoms with Crippen LogP contribution in [0.4, 0.5) is 60.3 Å². The number of carbonyl (C=O) groups is 8. The molecule has 0 amide bonds. The van der Waals surface area contributed by atoms with Crippen LogP contribution >= 0.6 is 0 Å². The van der Waals surface area contributed by atoms with Crippen LogP contribution in [0, 0.1) is 0 Å². The molecule has 12 aliphatic rings. The number of fused-ring (bicyclic) bond motifs is 22. The Morgan fingerprint density at radius 3 is 0.527 bits per heavy atom. The molecule has 0 N–H and O–H groups in total. The van der Waals surface area contributed by atoms with Crippen LogP contribution in [0.3, 0.4) is 0 Å². The molecule has 18 aromatic rings. The van der Waals surface area contributed by atoms with Crippen LogP contribution in [0.15, 0.2) is 386 Å². The first-order valence-electron chi connectivity index (χ1n) is 52.5. The molecule has 150 heavy (non-hydrogen) atoms. The summed E-state index contributed by atoms with van der Waals surface area (Å²) in [5.74, 6) is -1.20. The van der Waals surface area contributed by atoms with Gasteiger partial charge in [0.15, 0.2) is 0 Å². The van der Waals surface area contributed by atoms with Gasteiger partial charge >= 0.3 is 919 Å². The molecule has 14 aromatic carbocycles. The molecule has 0 atom stereocenters. The third kappa shape index (κ3) is 15.5. The zero-order valence-corrected chi connectivity index (χ0v) is 91.7. The van der Waals surface area contributed by atoms with Gasteiger partial charge in [-0.3, -0.25) is 0 Å². The molecule has 728 valence electrons. The Bertz CT molecular complexity index is 8540. The van der Waals surface area contributed by atoms with E-state index in [1.807, 2.05) is 121 Å². The van der Waals surface area contributed by atoms with Crippen LogP contribution in [-0.2, 0) is 21.7 Å². The fourth-order valence-electron chi connectivity index (χ4n) is 26.9. The number of benzene rings is 14. The van der Waals surface area contributed by atoms with Crippen molar-refractivity contribution in [3.05, 3.63) is 490 Å². The van der Waals surface area contributed by atoms with Crippen LogP contribution in [0.1, 0.15) is 257 Å². The van der Waals surface area contributed by atoms with Crippen molar-refractivity contribution in [3.63, 3.8) is 0 Å². The zero-order chi connectivity index (χ0) is 101. The SMILES string of the molecule is O=C1C(=Cc2ccc(N3c4ccccc4C4(CCCC4)c4ccccc43)[te]2)C(=O)c2cc3ccccc3cc21.O=C1C(=Cc2ccc(N3c4ccccc4C4(CCCC4)c4ccccc43)[te]2)C(=O)c2ccccc21.O=C1C(=Cc2ccc(N3c4ccccc4C4(CCCCC4)c4ccccc43)[te]2)C(=O)c2cc3ccccc3cc21.O=C1C(=Cc2ccc(N3c4ccccc4C4(CCCCC4)c4ccccc43)[te]2)C(=O)c2ccccc21. The first-order valence-corrected chi connectivity index (χ1v) is 61.8. The van der Waals surface area contributed by atoms with Crippen LogP contribution < -0.4 is 19.6 Å². The molecule has 4 aromatic heterocycles. The van der Waals surface area contributed by atoms with Gasteiger partial charge in [0, 0.05) is 0 Å². The first kappa shape index (κ1) is 94.6. The van der Waals surface area contributed by atoms with E-state index in [1.54, 1.807) is 24.3 Å². The average Bonchev–Trinajstić information content (AvgIpc) is 1.19. The van der Waals surface area contributed by atoms with Crippen molar-refractivity contribution in [1.29, 1.82) is 0 Å². The minimum atomic E-state index is -0.825. The Labute approximate surface area is 910 Å². The summed E-state index contributed by atoms with van der Waals surface area (Å²) in [6, 6.07) is 126. The molecule has 0 bridgehead atoms. The molecule has 16 heteroatoms. The normalized spacial score (nSPS) is 17.3. The van der Waals surface area contributed by atoms with E-state index < -0.39 is 81.7 Å². The quantitative estimate of drug-likeness (QED) is 0.0809. The van der Waals surface area contributed by atoms with E-state index in [1.165, 1.54) is 220 Å². The van der Waals surface area contributed by atoms with E-state index in [9.17, 15) is 38.4 Å². The third-order valence-corrected chi connectivity index (χ3v) is 45.2. The molecule has 0 saturated heterocycles. The number of hydrogen-bond acceptors (Lipinski definition) is 12. The van der Waals surface area contributed by atoms with Crippen molar-refractivity contribution in [2.75, 3.05) is 19.6 Å². The Balaban J connectivity index is 0.0000000985. The Kier molecular flexibility index (Phi) is 24.1. The fraction of sp³-hybridized carbons (Fsp3) is 0.164. The molecule has 30 rings (SSSR count). The van der Waals surface area contributed by atoms with Crippen molar-refractivity contribution >= 4 is 234 Å². The predicted octanol–water partition coefficient (Wildman–Crippen LogP) is 30.5. The van der Waals surface area contributed by atoms with Crippen molar-refractivity contribution < 1.29 is 38.4 Å². The Morgan fingerprint density at radius 2 is 0.333 bits per heavy atom. The van der Waals surface area contributed by atoms with E-state index in [2.05, 4.69) is 262 Å². The molecule has 4 aliphatic heterocycles. The molecule has 4 fully saturated rings. The van der Waals surface area contributed by atoms with Crippen molar-refractivity contribution in [2.45, 2.75) is 137 Å². The molecule has 8 aliphatic carbocycles. The second kappa shape index (κ2) is 38.3. The second-order valence-electron chi connectivity index (χ2n) is 41.5. The standard InChI is InChI=1S/C36H27NO2Te.C35H25NO2Te.C32H25NO2Te.C31H23NO2Te/c38-34-26-20-23-10-2-3-11-24(23)21-27(26)35(39)28(34)22-25-16-17-33(40-25)37-31-14-6-4-12-29(31)36(18-8-1-9-19-36)30-13-5-7-15-32(30)37;37-33-25-19-22-9-1-2-10-23(22)20-26(25)34(38)27(33)21-24-15-16-32(39-24)36-30-13-5-3-11-28(30)35(17-7-8-18-35)29-12-4-6-14-31(29)36;34-30-22-10-2-3-11-23(22)31(35)24(30)20-21-16-17-29(36-21)33-27-14-6-4-12-25(27)32(18-8-1-9-19-32)26-13-5-7-15-28(26)33;33-29-21-9-1-2-10-22(21)30(34)23(29)19-20-15-16-28(35-20)32-26-13-5-3-11-24(26)31(17-7-8-18-31)25-12-4-6-14-27(25)32/h2-7,10-17,20-22H,1,8-9,18-19H2;1-6,9-16,19-21H,7-8,17-18H2;2-7,10-17,20H,1,8-9,18-19H2;1-6,9-16,19H,7-8,17-18H2. The topological polar surface area (TPSA) is 150 Å². The maximum atomic E-state index is 13.4. The van der Waals surface area contributed by atoms with Crippen molar-refractivity contribution in [1.82, 2.24) is 0 Å². The molecular weight excluding hydrogens is 2300 g/mol. The number of Topliss-reactive ketones (excluding diaryl/α,β-unsaturated/α-hetero) is 8. The molecule has 8 heterocycles. The number of hydrogen-bond donors (Lipinski definition) is 0. The van der Waals surface area contributed by atoms with Crippen LogP contribution in [0.2, 0.25) is 0 Å². The van der Waals surface area contributed by atoms with Gasteiger partial charge in [0.25, 0.3) is 0 Å². The number of allylic oxidation sites excluding steroid dienone is 4. The van der Waals surface area contributed by atoms with Gasteiger partial charge in [-0.1, -0.05) is 0 Å². The molecule has 0 unspecified atom stereocenters. The summed E-state index contributed by atoms with van der Waals surface area (Å²) in [7, 11) is 0. The number of nitrogens with zero attached hydrogens (tertiary/aromatic N) is 4. The monoisotopic (exact) mass is 2410 g/mol.